The molecule has 0 aliphatic carbocycles. The smallest absolute Gasteiger partial charge is 0.306 e. The van der Waals surface area contributed by atoms with Crippen LogP contribution in [0.3, 0.4) is 0 Å². The zero-order valence-electron chi connectivity index (χ0n) is 33.8. The largest absolute Gasteiger partial charge is 0.462 e. The molecule has 6 nitrogen and oxygen atoms in total. The van der Waals surface area contributed by atoms with Crippen molar-refractivity contribution in [3.63, 3.8) is 0 Å². The monoisotopic (exact) mass is 727 g/mol. The van der Waals surface area contributed by atoms with Crippen LogP contribution in [0, 0.1) is 0 Å². The summed E-state index contributed by atoms with van der Waals surface area (Å²) in [5.74, 6) is -0.934. The van der Waals surface area contributed by atoms with Crippen LogP contribution in [0.5, 0.6) is 0 Å². The number of allylic oxidation sites excluding steroid dienone is 10. The van der Waals surface area contributed by atoms with Crippen molar-refractivity contribution in [1.29, 1.82) is 0 Å². The SMILES string of the molecule is CC\C=C/C=C\C=C/C=C\CCCCCCCC(=O)OCC(COC(=O)CCCCCCCCCCC)OC(=O)CCCCCC/C=C\CCCC. The summed E-state index contributed by atoms with van der Waals surface area (Å²) in [5, 5.41) is 0. The fourth-order valence-electron chi connectivity index (χ4n) is 5.61. The van der Waals surface area contributed by atoms with E-state index in [1.807, 2.05) is 24.3 Å². The Bertz CT molecular complexity index is 975. The van der Waals surface area contributed by atoms with Gasteiger partial charge in [-0.1, -0.05) is 178 Å². The van der Waals surface area contributed by atoms with Crippen LogP contribution in [0.15, 0.2) is 60.8 Å². The lowest BCUT2D eigenvalue weighted by Gasteiger charge is -2.18. The predicted octanol–water partition coefficient (Wildman–Crippen LogP) is 13.4. The van der Waals surface area contributed by atoms with Gasteiger partial charge in [0.1, 0.15) is 13.2 Å². The summed E-state index contributed by atoms with van der Waals surface area (Å²) in [6.45, 7) is 6.38. The first-order valence-corrected chi connectivity index (χ1v) is 21.3. The maximum absolute atomic E-state index is 12.6. The molecule has 0 aromatic heterocycles. The second-order valence-corrected chi connectivity index (χ2v) is 14.0. The summed E-state index contributed by atoms with van der Waals surface area (Å²) in [6.07, 6.45) is 47.7. The highest BCUT2D eigenvalue weighted by Gasteiger charge is 2.19. The third kappa shape index (κ3) is 38.3. The molecule has 0 fully saturated rings. The number of ether oxygens (including phenoxy) is 3. The molecule has 0 aromatic rings. The van der Waals surface area contributed by atoms with Crippen molar-refractivity contribution in [3.05, 3.63) is 60.8 Å². The number of hydrogen-bond acceptors (Lipinski definition) is 6. The van der Waals surface area contributed by atoms with Gasteiger partial charge in [0.15, 0.2) is 6.10 Å². The lowest BCUT2D eigenvalue weighted by Crippen LogP contribution is -2.30. The van der Waals surface area contributed by atoms with E-state index in [0.29, 0.717) is 19.3 Å². The third-order valence-electron chi connectivity index (χ3n) is 8.85. The first kappa shape index (κ1) is 49.1. The van der Waals surface area contributed by atoms with E-state index in [-0.39, 0.29) is 31.1 Å². The van der Waals surface area contributed by atoms with Gasteiger partial charge in [-0.2, -0.15) is 0 Å². The Morgan fingerprint density at radius 3 is 1.29 bits per heavy atom. The first-order valence-electron chi connectivity index (χ1n) is 21.3. The highest BCUT2D eigenvalue weighted by molar-refractivity contribution is 5.71. The molecule has 1 unspecified atom stereocenters. The lowest BCUT2D eigenvalue weighted by molar-refractivity contribution is -0.167. The van der Waals surface area contributed by atoms with Crippen molar-refractivity contribution in [2.75, 3.05) is 13.2 Å². The van der Waals surface area contributed by atoms with Gasteiger partial charge in [0.2, 0.25) is 0 Å². The quantitative estimate of drug-likeness (QED) is 0.0208. The highest BCUT2D eigenvalue weighted by Crippen LogP contribution is 2.13. The molecule has 0 radical (unpaired) electrons. The number of esters is 3. The van der Waals surface area contributed by atoms with Gasteiger partial charge in [0.05, 0.1) is 0 Å². The van der Waals surface area contributed by atoms with Crippen LogP contribution in [0.2, 0.25) is 0 Å². The van der Waals surface area contributed by atoms with Crippen LogP contribution >= 0.6 is 0 Å². The Labute approximate surface area is 320 Å². The Morgan fingerprint density at radius 1 is 0.404 bits per heavy atom. The Morgan fingerprint density at radius 2 is 0.788 bits per heavy atom. The molecular weight excluding hydrogens is 648 g/mol. The zero-order chi connectivity index (χ0) is 38.0. The molecule has 0 bridgehead atoms. The molecule has 0 heterocycles. The maximum Gasteiger partial charge on any atom is 0.306 e. The van der Waals surface area contributed by atoms with Crippen molar-refractivity contribution >= 4 is 17.9 Å². The van der Waals surface area contributed by atoms with Crippen LogP contribution in [0.25, 0.3) is 0 Å². The summed E-state index contributed by atoms with van der Waals surface area (Å²) in [4.78, 5) is 37.5. The average molecular weight is 727 g/mol. The number of carbonyl (C=O) groups excluding carboxylic acids is 3. The molecule has 6 heteroatoms. The Balaban J connectivity index is 4.41. The normalized spacial score (nSPS) is 12.6. The van der Waals surface area contributed by atoms with Crippen LogP contribution in [-0.4, -0.2) is 37.2 Å². The van der Waals surface area contributed by atoms with Gasteiger partial charge in [-0.25, -0.2) is 0 Å². The second kappa shape index (κ2) is 40.9. The van der Waals surface area contributed by atoms with Gasteiger partial charge >= 0.3 is 17.9 Å². The predicted molar refractivity (Wildman–Crippen MR) is 219 cm³/mol. The molecule has 0 aliphatic rings. The van der Waals surface area contributed by atoms with Crippen LogP contribution in [0.1, 0.15) is 194 Å². The van der Waals surface area contributed by atoms with E-state index >= 15 is 0 Å². The van der Waals surface area contributed by atoms with Gasteiger partial charge in [-0.05, 0) is 57.8 Å². The van der Waals surface area contributed by atoms with E-state index in [9.17, 15) is 14.4 Å². The molecule has 0 rings (SSSR count). The summed E-state index contributed by atoms with van der Waals surface area (Å²) in [5.41, 5.74) is 0. The standard InChI is InChI=1S/C46H78O6/c1-4-7-10-13-16-19-21-22-23-24-25-28-30-33-36-39-45(48)51-42-43(41-50-44(47)38-35-32-29-26-18-15-12-9-6-3)52-46(49)40-37-34-31-27-20-17-14-11-8-5-2/h7,10,13-14,16-17,19,21-23,43H,4-6,8-9,11-12,15,18,20,24-42H2,1-3H3/b10-7-,16-13-,17-14-,21-19-,23-22-. The molecule has 298 valence electrons. The van der Waals surface area contributed by atoms with E-state index in [1.54, 1.807) is 0 Å². The molecule has 52 heavy (non-hydrogen) atoms. The van der Waals surface area contributed by atoms with E-state index in [1.165, 1.54) is 51.4 Å². The van der Waals surface area contributed by atoms with Gasteiger partial charge in [-0.3, -0.25) is 14.4 Å². The maximum atomic E-state index is 12.6. The van der Waals surface area contributed by atoms with Crippen LogP contribution in [-0.2, 0) is 28.6 Å². The topological polar surface area (TPSA) is 78.9 Å². The van der Waals surface area contributed by atoms with Crippen molar-refractivity contribution in [2.24, 2.45) is 0 Å². The van der Waals surface area contributed by atoms with Crippen LogP contribution < -0.4 is 0 Å². The zero-order valence-corrected chi connectivity index (χ0v) is 33.8. The minimum atomic E-state index is -0.784. The number of rotatable bonds is 37. The summed E-state index contributed by atoms with van der Waals surface area (Å²) in [7, 11) is 0. The molecule has 0 aromatic carbocycles. The van der Waals surface area contributed by atoms with Crippen molar-refractivity contribution in [1.82, 2.24) is 0 Å². The van der Waals surface area contributed by atoms with E-state index < -0.39 is 6.10 Å². The molecule has 0 amide bonds. The Kier molecular flexibility index (Phi) is 38.6. The second-order valence-electron chi connectivity index (χ2n) is 14.0. The van der Waals surface area contributed by atoms with Crippen molar-refractivity contribution < 1.29 is 28.6 Å². The highest BCUT2D eigenvalue weighted by atomic mass is 16.6. The third-order valence-corrected chi connectivity index (χ3v) is 8.85. The molecule has 0 aliphatic heterocycles. The van der Waals surface area contributed by atoms with Crippen LogP contribution in [0.4, 0.5) is 0 Å². The number of unbranched alkanes of at least 4 members (excludes halogenated alkanes) is 19. The summed E-state index contributed by atoms with van der Waals surface area (Å²) in [6, 6.07) is 0. The molecule has 1 atom stereocenters. The van der Waals surface area contributed by atoms with Crippen molar-refractivity contribution in [2.45, 2.75) is 200 Å². The number of hydrogen-bond donors (Lipinski definition) is 0. The molecule has 0 spiro atoms. The molecule has 0 saturated heterocycles. The number of carbonyl (C=O) groups is 3. The summed E-state index contributed by atoms with van der Waals surface area (Å²) >= 11 is 0. The van der Waals surface area contributed by atoms with E-state index in [0.717, 1.165) is 103 Å². The van der Waals surface area contributed by atoms with Gasteiger partial charge in [0.25, 0.3) is 0 Å². The lowest BCUT2D eigenvalue weighted by atomic mass is 10.1. The summed E-state index contributed by atoms with van der Waals surface area (Å²) < 4.78 is 16.6. The fourth-order valence-corrected chi connectivity index (χ4v) is 5.61. The molecular formula is C46H78O6. The van der Waals surface area contributed by atoms with Gasteiger partial charge < -0.3 is 14.2 Å². The van der Waals surface area contributed by atoms with Gasteiger partial charge in [-0.15, -0.1) is 0 Å². The minimum Gasteiger partial charge on any atom is -0.462 e. The first-order chi connectivity index (χ1) is 25.5. The van der Waals surface area contributed by atoms with E-state index in [4.69, 9.17) is 14.2 Å². The molecule has 0 saturated carbocycles. The fraction of sp³-hybridized carbons (Fsp3) is 0.717. The van der Waals surface area contributed by atoms with E-state index in [2.05, 4.69) is 57.2 Å². The van der Waals surface area contributed by atoms with Crippen molar-refractivity contribution in [3.8, 4) is 0 Å². The Hall–Kier alpha value is -2.89. The average Bonchev–Trinajstić information content (AvgIpc) is 3.14. The van der Waals surface area contributed by atoms with Gasteiger partial charge in [0, 0.05) is 19.3 Å². The molecule has 0 N–H and O–H groups in total. The minimum absolute atomic E-state index is 0.0864.